The van der Waals surface area contributed by atoms with Crippen LogP contribution in [0.4, 0.5) is 4.79 Å². The minimum absolute atomic E-state index is 0.0924. The molecule has 0 aromatic heterocycles. The number of hydrogen-bond donors (Lipinski definition) is 0. The van der Waals surface area contributed by atoms with Crippen LogP contribution in [-0.4, -0.2) is 47.6 Å². The molecule has 1 fully saturated rings. The average molecular weight is 513 g/mol. The number of rotatable bonds is 4. The van der Waals surface area contributed by atoms with Gasteiger partial charge < -0.3 is 19.3 Å². The number of nitrogens with zero attached hydrogens (tertiary/aromatic N) is 2. The van der Waals surface area contributed by atoms with E-state index in [1.54, 1.807) is 0 Å². The van der Waals surface area contributed by atoms with Crippen molar-refractivity contribution in [2.24, 2.45) is 0 Å². The molecular formula is C29H37ClN2O4. The third-order valence-electron chi connectivity index (χ3n) is 7.19. The van der Waals surface area contributed by atoms with Crippen molar-refractivity contribution < 1.29 is 19.1 Å². The van der Waals surface area contributed by atoms with Crippen LogP contribution in [0, 0.1) is 13.8 Å². The first-order valence-electron chi connectivity index (χ1n) is 12.7. The number of urea groups is 1. The Labute approximate surface area is 219 Å². The third kappa shape index (κ3) is 5.25. The summed E-state index contributed by atoms with van der Waals surface area (Å²) >= 11 is 6.21. The molecule has 36 heavy (non-hydrogen) atoms. The van der Waals surface area contributed by atoms with Crippen molar-refractivity contribution in [3.8, 4) is 11.1 Å². The lowest BCUT2D eigenvalue weighted by Crippen LogP contribution is -2.43. The number of esters is 1. The second-order valence-corrected chi connectivity index (χ2v) is 11.3. The Morgan fingerprint density at radius 2 is 1.50 bits per heavy atom. The van der Waals surface area contributed by atoms with Gasteiger partial charge in [-0.25, -0.2) is 9.59 Å². The molecule has 2 aliphatic heterocycles. The first-order chi connectivity index (χ1) is 17.0. The van der Waals surface area contributed by atoms with Gasteiger partial charge in [-0.2, -0.15) is 0 Å². The molecule has 0 unspecified atom stereocenters. The first kappa shape index (κ1) is 26.5. The molecular weight excluding hydrogens is 476 g/mol. The fourth-order valence-electron chi connectivity index (χ4n) is 5.44. The number of piperidine rings is 1. The summed E-state index contributed by atoms with van der Waals surface area (Å²) in [5.41, 5.74) is 6.36. The predicted molar refractivity (Wildman–Crippen MR) is 142 cm³/mol. The molecule has 0 spiro atoms. The Hall–Kier alpha value is -2.57. The molecule has 4 rings (SSSR count). The number of amides is 2. The quantitative estimate of drug-likeness (QED) is 0.434. The van der Waals surface area contributed by atoms with E-state index in [4.69, 9.17) is 21.1 Å². The number of likely N-dealkylation sites (tertiary alicyclic amines) is 1. The van der Waals surface area contributed by atoms with E-state index >= 15 is 0 Å². The predicted octanol–water partition coefficient (Wildman–Crippen LogP) is 6.57. The minimum Gasteiger partial charge on any atom is -0.467 e. The lowest BCUT2D eigenvalue weighted by molar-refractivity contribution is -0.164. The summed E-state index contributed by atoms with van der Waals surface area (Å²) < 4.78 is 11.6. The maximum Gasteiger partial charge on any atom is 0.339 e. The second kappa shape index (κ2) is 10.4. The SMILES string of the molecule is COC(=O)[C@@H](OC(C)(C)C)c1c(C)c2c(c(C)c1-c1ccc(Cl)cc1)CN(C(=O)N1CCCCC1)C2. The molecule has 194 valence electrons. The zero-order chi connectivity index (χ0) is 26.2. The minimum atomic E-state index is -0.906. The van der Waals surface area contributed by atoms with Gasteiger partial charge in [-0.05, 0) is 99.4 Å². The lowest BCUT2D eigenvalue weighted by Gasteiger charge is -2.31. The summed E-state index contributed by atoms with van der Waals surface area (Å²) in [6.45, 7) is 12.6. The lowest BCUT2D eigenvalue weighted by atomic mass is 9.83. The highest BCUT2D eigenvalue weighted by Crippen LogP contribution is 2.44. The van der Waals surface area contributed by atoms with Crippen molar-refractivity contribution in [3.63, 3.8) is 0 Å². The number of ether oxygens (including phenoxy) is 2. The Morgan fingerprint density at radius 3 is 2.06 bits per heavy atom. The summed E-state index contributed by atoms with van der Waals surface area (Å²) in [5.74, 6) is -0.443. The fraction of sp³-hybridized carbons (Fsp3) is 0.517. The van der Waals surface area contributed by atoms with E-state index in [0.717, 1.165) is 64.9 Å². The maximum atomic E-state index is 13.4. The van der Waals surface area contributed by atoms with Crippen LogP contribution in [0.25, 0.3) is 11.1 Å². The van der Waals surface area contributed by atoms with Gasteiger partial charge >= 0.3 is 12.0 Å². The molecule has 6 nitrogen and oxygen atoms in total. The highest BCUT2D eigenvalue weighted by atomic mass is 35.5. The van der Waals surface area contributed by atoms with Crippen molar-refractivity contribution in [1.29, 1.82) is 0 Å². The Morgan fingerprint density at radius 1 is 0.917 bits per heavy atom. The number of halogens is 1. The number of hydrogen-bond acceptors (Lipinski definition) is 4. The van der Waals surface area contributed by atoms with E-state index in [0.29, 0.717) is 18.1 Å². The number of carbonyl (C=O) groups is 2. The van der Waals surface area contributed by atoms with Crippen LogP contribution in [0.1, 0.15) is 74.0 Å². The van der Waals surface area contributed by atoms with Crippen LogP contribution in [0.2, 0.25) is 5.02 Å². The van der Waals surface area contributed by atoms with Crippen LogP contribution < -0.4 is 0 Å². The van der Waals surface area contributed by atoms with E-state index in [1.165, 1.54) is 13.5 Å². The highest BCUT2D eigenvalue weighted by Gasteiger charge is 2.37. The molecule has 0 radical (unpaired) electrons. The number of fused-ring (bicyclic) bond motifs is 1. The van der Waals surface area contributed by atoms with Crippen LogP contribution in [-0.2, 0) is 27.4 Å². The Balaban J connectivity index is 1.87. The zero-order valence-corrected chi connectivity index (χ0v) is 23.0. The van der Waals surface area contributed by atoms with E-state index in [9.17, 15) is 9.59 Å². The molecule has 2 amide bonds. The standard InChI is InChI=1S/C29H37ClN2O4/c1-18-22-16-32(28(34)31-14-8-7-9-15-31)17-23(22)19(2)25(24(18)20-10-12-21(30)13-11-20)26(27(33)35-6)36-29(3,4)5/h10-13,26H,7-9,14-17H2,1-6H3/t26-/m0/s1. The molecule has 2 aromatic carbocycles. The van der Waals surface area contributed by atoms with Gasteiger partial charge in [-0.3, -0.25) is 0 Å². The van der Waals surface area contributed by atoms with Crippen molar-refractivity contribution in [2.75, 3.05) is 20.2 Å². The second-order valence-electron chi connectivity index (χ2n) is 10.8. The van der Waals surface area contributed by atoms with Gasteiger partial charge in [0.25, 0.3) is 0 Å². The van der Waals surface area contributed by atoms with Gasteiger partial charge in [0, 0.05) is 36.8 Å². The van der Waals surface area contributed by atoms with Crippen molar-refractivity contribution in [2.45, 2.75) is 78.7 Å². The number of carbonyl (C=O) groups excluding carboxylic acids is 2. The van der Waals surface area contributed by atoms with Gasteiger partial charge in [-0.15, -0.1) is 0 Å². The highest BCUT2D eigenvalue weighted by molar-refractivity contribution is 6.30. The summed E-state index contributed by atoms with van der Waals surface area (Å²) in [6.07, 6.45) is 2.39. The van der Waals surface area contributed by atoms with Gasteiger partial charge in [-0.1, -0.05) is 23.7 Å². The first-order valence-corrected chi connectivity index (χ1v) is 13.1. The summed E-state index contributed by atoms with van der Waals surface area (Å²) in [6, 6.07) is 7.74. The fourth-order valence-corrected chi connectivity index (χ4v) is 5.57. The molecule has 0 saturated carbocycles. The molecule has 0 N–H and O–H groups in total. The maximum absolute atomic E-state index is 13.4. The van der Waals surface area contributed by atoms with E-state index in [1.807, 2.05) is 61.8 Å². The van der Waals surface area contributed by atoms with Crippen LogP contribution >= 0.6 is 11.6 Å². The smallest absolute Gasteiger partial charge is 0.339 e. The van der Waals surface area contributed by atoms with Crippen LogP contribution in [0.5, 0.6) is 0 Å². The van der Waals surface area contributed by atoms with Gasteiger partial charge in [0.2, 0.25) is 0 Å². The molecule has 2 heterocycles. The van der Waals surface area contributed by atoms with Crippen LogP contribution in [0.3, 0.4) is 0 Å². The van der Waals surface area contributed by atoms with Crippen molar-refractivity contribution in [3.05, 3.63) is 57.1 Å². The Bertz CT molecular complexity index is 1150. The molecule has 1 atom stereocenters. The van der Waals surface area contributed by atoms with E-state index in [2.05, 4.69) is 6.92 Å². The summed E-state index contributed by atoms with van der Waals surface area (Å²) in [4.78, 5) is 30.4. The van der Waals surface area contributed by atoms with Gasteiger partial charge in [0.15, 0.2) is 6.10 Å². The summed E-state index contributed by atoms with van der Waals surface area (Å²) in [5, 5.41) is 0.643. The van der Waals surface area contributed by atoms with Gasteiger partial charge in [0.05, 0.1) is 12.7 Å². The average Bonchev–Trinajstić information content (AvgIpc) is 3.31. The molecule has 1 saturated heterocycles. The van der Waals surface area contributed by atoms with E-state index in [-0.39, 0.29) is 6.03 Å². The molecule has 2 aromatic rings. The van der Waals surface area contributed by atoms with Crippen molar-refractivity contribution in [1.82, 2.24) is 9.80 Å². The molecule has 0 bridgehead atoms. The normalized spacial score (nSPS) is 16.6. The van der Waals surface area contributed by atoms with E-state index < -0.39 is 17.7 Å². The zero-order valence-electron chi connectivity index (χ0n) is 22.2. The summed E-state index contributed by atoms with van der Waals surface area (Å²) in [7, 11) is 1.39. The van der Waals surface area contributed by atoms with Gasteiger partial charge in [0.1, 0.15) is 0 Å². The largest absolute Gasteiger partial charge is 0.467 e. The molecule has 0 aliphatic carbocycles. The monoisotopic (exact) mass is 512 g/mol. The number of methoxy groups -OCH3 is 1. The number of benzene rings is 2. The molecule has 2 aliphatic rings. The topological polar surface area (TPSA) is 59.1 Å². The van der Waals surface area contributed by atoms with Crippen LogP contribution in [0.15, 0.2) is 24.3 Å². The van der Waals surface area contributed by atoms with Crippen molar-refractivity contribution >= 4 is 23.6 Å². The Kier molecular flexibility index (Phi) is 7.67. The third-order valence-corrected chi connectivity index (χ3v) is 7.45. The molecule has 7 heteroatoms.